The number of hydrogen-bond donors (Lipinski definition) is 2. The van der Waals surface area contributed by atoms with E-state index in [4.69, 9.17) is 0 Å². The fourth-order valence-electron chi connectivity index (χ4n) is 2.20. The molecule has 0 radical (unpaired) electrons. The number of benzene rings is 1. The van der Waals surface area contributed by atoms with Crippen LogP contribution in [0.4, 0.5) is 0 Å². The molecule has 1 aromatic carbocycles. The fraction of sp³-hybridized carbons (Fsp3) is 0.214. The van der Waals surface area contributed by atoms with Gasteiger partial charge in [0.2, 0.25) is 0 Å². The number of nitrogens with one attached hydrogen (secondary N) is 1. The van der Waals surface area contributed by atoms with Crippen molar-refractivity contribution in [2.24, 2.45) is 0 Å². The minimum Gasteiger partial charge on any atom is -0.382 e. The predicted octanol–water partition coefficient (Wildman–Crippen LogP) is 2.95. The van der Waals surface area contributed by atoms with Crippen LogP contribution in [0.2, 0.25) is 0 Å². The van der Waals surface area contributed by atoms with E-state index in [0.717, 1.165) is 23.1 Å². The molecule has 0 saturated carbocycles. The Morgan fingerprint density at radius 2 is 2.00 bits per heavy atom. The van der Waals surface area contributed by atoms with Gasteiger partial charge in [0.15, 0.2) is 0 Å². The number of hydrogen-bond acceptors (Lipinski definition) is 3. The van der Waals surface area contributed by atoms with Gasteiger partial charge in [-0.25, -0.2) is 0 Å². The van der Waals surface area contributed by atoms with Gasteiger partial charge in [0, 0.05) is 23.8 Å². The zero-order valence-corrected chi connectivity index (χ0v) is 12.5. The lowest BCUT2D eigenvalue weighted by Gasteiger charge is -2.12. The van der Waals surface area contributed by atoms with Crippen LogP contribution < -0.4 is 5.32 Å². The van der Waals surface area contributed by atoms with Crippen LogP contribution in [0.15, 0.2) is 41.0 Å². The standard InChI is InChI=1S/C14H13BrN2O.ClH/c15-12-3-1-2-9(4-12)14(18)13-5-10-6-16-7-11(10)8-17-13;/h1-5,8,14,16,18H,6-7H2;1H. The summed E-state index contributed by atoms with van der Waals surface area (Å²) in [5, 5.41) is 13.6. The van der Waals surface area contributed by atoms with E-state index in [1.54, 1.807) is 0 Å². The molecule has 2 aromatic rings. The van der Waals surface area contributed by atoms with E-state index in [2.05, 4.69) is 26.2 Å². The average Bonchev–Trinajstić information content (AvgIpc) is 2.85. The Labute approximate surface area is 126 Å². The smallest absolute Gasteiger partial charge is 0.121 e. The van der Waals surface area contributed by atoms with Crippen molar-refractivity contribution in [2.75, 3.05) is 0 Å². The van der Waals surface area contributed by atoms with Crippen molar-refractivity contribution in [2.45, 2.75) is 19.2 Å². The number of halogens is 2. The molecule has 0 amide bonds. The molecule has 2 heterocycles. The molecular weight excluding hydrogens is 328 g/mol. The Balaban J connectivity index is 0.00000133. The highest BCUT2D eigenvalue weighted by molar-refractivity contribution is 9.10. The topological polar surface area (TPSA) is 45.2 Å². The van der Waals surface area contributed by atoms with Gasteiger partial charge in [0.25, 0.3) is 0 Å². The van der Waals surface area contributed by atoms with E-state index < -0.39 is 6.10 Å². The summed E-state index contributed by atoms with van der Waals surface area (Å²) in [5.41, 5.74) is 4.01. The number of fused-ring (bicyclic) bond motifs is 1. The zero-order chi connectivity index (χ0) is 12.5. The second kappa shape index (κ2) is 6.01. The monoisotopic (exact) mass is 340 g/mol. The maximum atomic E-state index is 10.3. The quantitative estimate of drug-likeness (QED) is 0.883. The minimum atomic E-state index is -0.673. The van der Waals surface area contributed by atoms with Crippen molar-refractivity contribution in [3.8, 4) is 0 Å². The van der Waals surface area contributed by atoms with E-state index >= 15 is 0 Å². The highest BCUT2D eigenvalue weighted by atomic mass is 79.9. The molecule has 3 nitrogen and oxygen atoms in total. The van der Waals surface area contributed by atoms with Gasteiger partial charge in [-0.3, -0.25) is 4.98 Å². The Kier molecular flexibility index (Phi) is 4.58. The van der Waals surface area contributed by atoms with Crippen molar-refractivity contribution in [1.29, 1.82) is 0 Å². The van der Waals surface area contributed by atoms with Crippen LogP contribution in [-0.2, 0) is 13.1 Å². The summed E-state index contributed by atoms with van der Waals surface area (Å²) in [4.78, 5) is 4.35. The summed E-state index contributed by atoms with van der Waals surface area (Å²) >= 11 is 3.41. The molecule has 1 aliphatic rings. The summed E-state index contributed by atoms with van der Waals surface area (Å²) in [6.45, 7) is 1.73. The summed E-state index contributed by atoms with van der Waals surface area (Å²) in [7, 11) is 0. The first-order valence-electron chi connectivity index (χ1n) is 5.86. The molecule has 0 saturated heterocycles. The number of aromatic nitrogens is 1. The Bertz CT molecular complexity index is 591. The van der Waals surface area contributed by atoms with Gasteiger partial charge in [-0.1, -0.05) is 28.1 Å². The molecule has 19 heavy (non-hydrogen) atoms. The normalized spacial score (nSPS) is 14.6. The van der Waals surface area contributed by atoms with Gasteiger partial charge in [0.1, 0.15) is 6.10 Å². The number of aliphatic hydroxyl groups excluding tert-OH is 1. The fourth-order valence-corrected chi connectivity index (χ4v) is 2.61. The Morgan fingerprint density at radius 3 is 2.79 bits per heavy atom. The molecule has 3 rings (SSSR count). The summed E-state index contributed by atoms with van der Waals surface area (Å²) in [6, 6.07) is 9.66. The van der Waals surface area contributed by atoms with Crippen LogP contribution in [0.1, 0.15) is 28.5 Å². The number of rotatable bonds is 2. The third-order valence-electron chi connectivity index (χ3n) is 3.18. The van der Waals surface area contributed by atoms with Crippen LogP contribution in [0, 0.1) is 0 Å². The number of pyridine rings is 1. The summed E-state index contributed by atoms with van der Waals surface area (Å²) in [6.07, 6.45) is 1.18. The van der Waals surface area contributed by atoms with Crippen molar-refractivity contribution in [3.05, 3.63) is 63.4 Å². The van der Waals surface area contributed by atoms with Gasteiger partial charge in [-0.15, -0.1) is 12.4 Å². The summed E-state index contributed by atoms with van der Waals surface area (Å²) < 4.78 is 0.960. The van der Waals surface area contributed by atoms with Crippen LogP contribution in [0.5, 0.6) is 0 Å². The second-order valence-corrected chi connectivity index (χ2v) is 5.35. The van der Waals surface area contributed by atoms with E-state index in [1.807, 2.05) is 36.5 Å². The maximum absolute atomic E-state index is 10.3. The average molecular weight is 342 g/mol. The van der Waals surface area contributed by atoms with Gasteiger partial charge in [0.05, 0.1) is 5.69 Å². The minimum absolute atomic E-state index is 0. The molecule has 1 unspecified atom stereocenters. The molecule has 0 bridgehead atoms. The van der Waals surface area contributed by atoms with Crippen molar-refractivity contribution < 1.29 is 5.11 Å². The van der Waals surface area contributed by atoms with Crippen molar-refractivity contribution in [3.63, 3.8) is 0 Å². The first-order chi connectivity index (χ1) is 8.74. The van der Waals surface area contributed by atoms with E-state index in [-0.39, 0.29) is 12.4 Å². The lowest BCUT2D eigenvalue weighted by atomic mass is 10.0. The van der Waals surface area contributed by atoms with Crippen molar-refractivity contribution >= 4 is 28.3 Å². The van der Waals surface area contributed by atoms with Gasteiger partial charge < -0.3 is 10.4 Å². The van der Waals surface area contributed by atoms with Crippen LogP contribution in [0.3, 0.4) is 0 Å². The Morgan fingerprint density at radius 1 is 1.21 bits per heavy atom. The zero-order valence-electron chi connectivity index (χ0n) is 10.1. The van der Waals surface area contributed by atoms with Gasteiger partial charge >= 0.3 is 0 Å². The van der Waals surface area contributed by atoms with E-state index in [0.29, 0.717) is 5.69 Å². The first-order valence-corrected chi connectivity index (χ1v) is 6.65. The number of nitrogens with zero attached hydrogens (tertiary/aromatic N) is 1. The van der Waals surface area contributed by atoms with Crippen LogP contribution >= 0.6 is 28.3 Å². The molecule has 5 heteroatoms. The maximum Gasteiger partial charge on any atom is 0.121 e. The molecule has 1 aliphatic heterocycles. The lowest BCUT2D eigenvalue weighted by molar-refractivity contribution is 0.215. The lowest BCUT2D eigenvalue weighted by Crippen LogP contribution is -2.03. The number of aliphatic hydroxyl groups is 1. The largest absolute Gasteiger partial charge is 0.382 e. The van der Waals surface area contributed by atoms with Crippen LogP contribution in [-0.4, -0.2) is 10.1 Å². The predicted molar refractivity (Wildman–Crippen MR) is 80.2 cm³/mol. The highest BCUT2D eigenvalue weighted by Gasteiger charge is 2.16. The molecule has 100 valence electrons. The molecule has 1 aromatic heterocycles. The Hall–Kier alpha value is -0.940. The van der Waals surface area contributed by atoms with Crippen molar-refractivity contribution in [1.82, 2.24) is 10.3 Å². The second-order valence-electron chi connectivity index (χ2n) is 4.44. The molecule has 0 spiro atoms. The molecule has 0 fully saturated rings. The van der Waals surface area contributed by atoms with E-state index in [1.165, 1.54) is 11.1 Å². The third-order valence-corrected chi connectivity index (χ3v) is 3.67. The van der Waals surface area contributed by atoms with Gasteiger partial charge in [-0.05, 0) is 34.9 Å². The first kappa shape index (κ1) is 14.5. The van der Waals surface area contributed by atoms with Crippen LogP contribution in [0.25, 0.3) is 0 Å². The third kappa shape index (κ3) is 2.98. The highest BCUT2D eigenvalue weighted by Crippen LogP contribution is 2.25. The molecule has 2 N–H and O–H groups in total. The molecule has 1 atom stereocenters. The molecule has 0 aliphatic carbocycles. The van der Waals surface area contributed by atoms with Gasteiger partial charge in [-0.2, -0.15) is 0 Å². The van der Waals surface area contributed by atoms with E-state index in [9.17, 15) is 5.11 Å². The summed E-state index contributed by atoms with van der Waals surface area (Å²) in [5.74, 6) is 0. The SMILES string of the molecule is Cl.OC(c1cccc(Br)c1)c1cc2c(cn1)CNC2. The molecular formula is C14H14BrClN2O.